The zero-order valence-corrected chi connectivity index (χ0v) is 13.4. The minimum Gasteiger partial charge on any atom is -0.309 e. The van der Waals surface area contributed by atoms with E-state index in [0.717, 1.165) is 12.2 Å². The molecule has 2 aromatic carbocycles. The molecule has 0 bridgehead atoms. The first-order valence-electron chi connectivity index (χ1n) is 7.67. The normalized spacial score (nSPS) is 21.1. The second-order valence-corrected chi connectivity index (χ2v) is 6.27. The summed E-state index contributed by atoms with van der Waals surface area (Å²) in [5, 5.41) is 0. The summed E-state index contributed by atoms with van der Waals surface area (Å²) < 4.78 is 0. The molecular weight excluding hydrogens is 272 g/mol. The van der Waals surface area contributed by atoms with Gasteiger partial charge in [0, 0.05) is 12.2 Å². The standard InChI is InChI=1S/C19H22N2O/c1-14-9-11-16(12-10-14)21-18(15-7-5-4-6-8-15)17(19(21)22)13-20(2)3/h4-12,17-18H,13H2,1-3H3/t17-,18+/m1/s1. The van der Waals surface area contributed by atoms with Crippen LogP contribution < -0.4 is 4.90 Å². The smallest absolute Gasteiger partial charge is 0.234 e. The fourth-order valence-electron chi connectivity index (χ4n) is 3.14. The number of benzene rings is 2. The van der Waals surface area contributed by atoms with Gasteiger partial charge in [-0.2, -0.15) is 0 Å². The van der Waals surface area contributed by atoms with Gasteiger partial charge in [0.2, 0.25) is 5.91 Å². The van der Waals surface area contributed by atoms with Crippen LogP contribution in [0.15, 0.2) is 54.6 Å². The Hall–Kier alpha value is -2.13. The van der Waals surface area contributed by atoms with E-state index < -0.39 is 0 Å². The maximum atomic E-state index is 12.7. The fourth-order valence-corrected chi connectivity index (χ4v) is 3.14. The number of nitrogens with zero attached hydrogens (tertiary/aromatic N) is 2. The second-order valence-electron chi connectivity index (χ2n) is 6.27. The van der Waals surface area contributed by atoms with E-state index >= 15 is 0 Å². The number of hydrogen-bond acceptors (Lipinski definition) is 2. The molecule has 1 aliphatic rings. The molecule has 3 nitrogen and oxygen atoms in total. The Kier molecular flexibility index (Phi) is 3.99. The fraction of sp³-hybridized carbons (Fsp3) is 0.316. The minimum atomic E-state index is 0.0266. The molecule has 0 aromatic heterocycles. The average molecular weight is 294 g/mol. The number of aryl methyl sites for hydroxylation is 1. The summed E-state index contributed by atoms with van der Waals surface area (Å²) in [4.78, 5) is 16.7. The first-order chi connectivity index (χ1) is 10.6. The van der Waals surface area contributed by atoms with Gasteiger partial charge in [-0.15, -0.1) is 0 Å². The predicted molar refractivity (Wildman–Crippen MR) is 89.9 cm³/mol. The molecule has 0 unspecified atom stereocenters. The average Bonchev–Trinajstić information content (AvgIpc) is 2.52. The van der Waals surface area contributed by atoms with Crippen molar-refractivity contribution in [2.24, 2.45) is 5.92 Å². The van der Waals surface area contributed by atoms with Gasteiger partial charge >= 0.3 is 0 Å². The van der Waals surface area contributed by atoms with Crippen molar-refractivity contribution < 1.29 is 4.79 Å². The molecule has 114 valence electrons. The summed E-state index contributed by atoms with van der Waals surface area (Å²) >= 11 is 0. The third-order valence-corrected chi connectivity index (χ3v) is 4.23. The lowest BCUT2D eigenvalue weighted by Crippen LogP contribution is -2.58. The maximum Gasteiger partial charge on any atom is 0.234 e. The van der Waals surface area contributed by atoms with Crippen molar-refractivity contribution >= 4 is 11.6 Å². The third kappa shape index (κ3) is 2.64. The van der Waals surface area contributed by atoms with Crippen LogP contribution in [-0.4, -0.2) is 31.4 Å². The lowest BCUT2D eigenvalue weighted by atomic mass is 9.81. The van der Waals surface area contributed by atoms with E-state index in [1.54, 1.807) is 0 Å². The highest BCUT2D eigenvalue weighted by atomic mass is 16.2. The van der Waals surface area contributed by atoms with E-state index in [4.69, 9.17) is 0 Å². The summed E-state index contributed by atoms with van der Waals surface area (Å²) in [5.41, 5.74) is 3.40. The maximum absolute atomic E-state index is 12.7. The van der Waals surface area contributed by atoms with Crippen molar-refractivity contribution in [3.8, 4) is 0 Å². The van der Waals surface area contributed by atoms with E-state index in [1.807, 2.05) is 49.3 Å². The van der Waals surface area contributed by atoms with Crippen LogP contribution >= 0.6 is 0 Å². The molecule has 2 atom stereocenters. The third-order valence-electron chi connectivity index (χ3n) is 4.23. The van der Waals surface area contributed by atoms with Crippen molar-refractivity contribution in [2.75, 3.05) is 25.5 Å². The summed E-state index contributed by atoms with van der Waals surface area (Å²) in [7, 11) is 4.04. The Labute approximate surface area is 132 Å². The number of hydrogen-bond donors (Lipinski definition) is 0. The first-order valence-corrected chi connectivity index (χ1v) is 7.67. The molecule has 1 aliphatic heterocycles. The van der Waals surface area contributed by atoms with E-state index in [0.29, 0.717) is 0 Å². The van der Waals surface area contributed by atoms with Gasteiger partial charge < -0.3 is 9.80 Å². The van der Waals surface area contributed by atoms with E-state index in [1.165, 1.54) is 11.1 Å². The zero-order chi connectivity index (χ0) is 15.7. The molecule has 1 heterocycles. The highest BCUT2D eigenvalue weighted by molar-refractivity contribution is 6.03. The van der Waals surface area contributed by atoms with E-state index in [9.17, 15) is 4.79 Å². The van der Waals surface area contributed by atoms with Gasteiger partial charge in [0.25, 0.3) is 0 Å². The van der Waals surface area contributed by atoms with Crippen molar-refractivity contribution in [2.45, 2.75) is 13.0 Å². The van der Waals surface area contributed by atoms with Crippen LogP contribution in [-0.2, 0) is 4.79 Å². The van der Waals surface area contributed by atoms with Gasteiger partial charge in [-0.25, -0.2) is 0 Å². The van der Waals surface area contributed by atoms with Gasteiger partial charge in [0.15, 0.2) is 0 Å². The first kappa shape index (κ1) is 14.8. The highest BCUT2D eigenvalue weighted by Crippen LogP contribution is 2.43. The molecule has 0 radical (unpaired) electrons. The number of carbonyl (C=O) groups excluding carboxylic acids is 1. The topological polar surface area (TPSA) is 23.6 Å². The lowest BCUT2D eigenvalue weighted by molar-refractivity contribution is -0.131. The molecule has 1 fully saturated rings. The molecule has 0 aliphatic carbocycles. The van der Waals surface area contributed by atoms with Crippen molar-refractivity contribution in [3.05, 3.63) is 65.7 Å². The molecule has 0 saturated carbocycles. The Morgan fingerprint density at radius 1 is 1.00 bits per heavy atom. The molecule has 22 heavy (non-hydrogen) atoms. The number of anilines is 1. The number of amides is 1. The van der Waals surface area contributed by atoms with Gasteiger partial charge in [0.1, 0.15) is 0 Å². The predicted octanol–water partition coefficient (Wildman–Crippen LogP) is 3.26. The largest absolute Gasteiger partial charge is 0.309 e. The molecule has 1 amide bonds. The van der Waals surface area contributed by atoms with Crippen molar-refractivity contribution in [3.63, 3.8) is 0 Å². The van der Waals surface area contributed by atoms with Gasteiger partial charge in [-0.05, 0) is 38.7 Å². The Balaban J connectivity index is 1.94. The summed E-state index contributed by atoms with van der Waals surface area (Å²) in [5.74, 6) is 0.241. The van der Waals surface area contributed by atoms with Crippen LogP contribution in [0.2, 0.25) is 0 Å². The minimum absolute atomic E-state index is 0.0266. The molecule has 2 aromatic rings. The molecule has 3 rings (SSSR count). The Morgan fingerprint density at radius 3 is 2.23 bits per heavy atom. The van der Waals surface area contributed by atoms with Crippen LogP contribution in [0.3, 0.4) is 0 Å². The lowest BCUT2D eigenvalue weighted by Gasteiger charge is -2.48. The van der Waals surface area contributed by atoms with E-state index in [2.05, 4.69) is 36.1 Å². The van der Waals surface area contributed by atoms with Crippen molar-refractivity contribution in [1.82, 2.24) is 4.90 Å². The number of β-lactam (4-membered cyclic amide) rings is 1. The van der Waals surface area contributed by atoms with Gasteiger partial charge in [0.05, 0.1) is 12.0 Å². The monoisotopic (exact) mass is 294 g/mol. The van der Waals surface area contributed by atoms with Crippen LogP contribution in [0.1, 0.15) is 17.2 Å². The molecular formula is C19H22N2O. The molecule has 1 saturated heterocycles. The van der Waals surface area contributed by atoms with Gasteiger partial charge in [-0.3, -0.25) is 4.79 Å². The molecule has 0 N–H and O–H groups in total. The quantitative estimate of drug-likeness (QED) is 0.808. The van der Waals surface area contributed by atoms with Crippen LogP contribution in [0.4, 0.5) is 5.69 Å². The summed E-state index contributed by atoms with van der Waals surface area (Å²) in [6, 6.07) is 18.6. The SMILES string of the molecule is Cc1ccc(N2C(=O)[C@H](CN(C)C)[C@@H]2c2ccccc2)cc1. The second kappa shape index (κ2) is 5.93. The van der Waals surface area contributed by atoms with Crippen LogP contribution in [0, 0.1) is 12.8 Å². The molecule has 3 heteroatoms. The van der Waals surface area contributed by atoms with Crippen LogP contribution in [0.25, 0.3) is 0 Å². The number of rotatable bonds is 4. The van der Waals surface area contributed by atoms with Crippen molar-refractivity contribution in [1.29, 1.82) is 0 Å². The zero-order valence-electron chi connectivity index (χ0n) is 13.4. The molecule has 0 spiro atoms. The summed E-state index contributed by atoms with van der Waals surface area (Å²) in [6.45, 7) is 2.84. The Bertz CT molecular complexity index is 649. The Morgan fingerprint density at radius 2 is 1.64 bits per heavy atom. The highest BCUT2D eigenvalue weighted by Gasteiger charge is 2.48. The van der Waals surface area contributed by atoms with Crippen LogP contribution in [0.5, 0.6) is 0 Å². The van der Waals surface area contributed by atoms with Gasteiger partial charge in [-0.1, -0.05) is 48.0 Å². The summed E-state index contributed by atoms with van der Waals surface area (Å²) in [6.07, 6.45) is 0. The number of carbonyl (C=O) groups is 1. The van der Waals surface area contributed by atoms with E-state index in [-0.39, 0.29) is 17.9 Å².